The van der Waals surface area contributed by atoms with E-state index in [2.05, 4.69) is 28.8 Å². The minimum absolute atomic E-state index is 0.0143. The van der Waals surface area contributed by atoms with Crippen LogP contribution >= 0.6 is 0 Å². The average molecular weight is 446 g/mol. The summed E-state index contributed by atoms with van der Waals surface area (Å²) in [4.78, 5) is 25.9. The molecule has 3 heterocycles. The van der Waals surface area contributed by atoms with E-state index in [1.165, 1.54) is 0 Å². The summed E-state index contributed by atoms with van der Waals surface area (Å²) in [6.45, 7) is 1.34. The van der Waals surface area contributed by atoms with Crippen LogP contribution in [0.25, 0.3) is 27.5 Å². The van der Waals surface area contributed by atoms with Crippen molar-refractivity contribution < 1.29 is 19.2 Å². The number of hydrogen-bond donors (Lipinski definition) is 4. The Labute approximate surface area is 191 Å². The maximum absolute atomic E-state index is 13.5. The molecule has 2 aliphatic heterocycles. The first-order valence-corrected chi connectivity index (χ1v) is 11.6. The molecule has 3 aliphatic rings. The molecule has 3 atom stereocenters. The lowest BCUT2D eigenvalue weighted by atomic mass is 9.78. The van der Waals surface area contributed by atoms with Crippen molar-refractivity contribution in [2.24, 2.45) is 11.3 Å². The molecule has 0 bridgehead atoms. The molecular weight excluding hydrogens is 418 g/mol. The predicted octanol–water partition coefficient (Wildman–Crippen LogP) is 3.16. The van der Waals surface area contributed by atoms with Gasteiger partial charge < -0.3 is 15.1 Å². The van der Waals surface area contributed by atoms with Gasteiger partial charge >= 0.3 is 0 Å². The molecule has 1 aromatic heterocycles. The first-order chi connectivity index (χ1) is 16.1. The Hall–Kier alpha value is -3.00. The number of nitrogens with one attached hydrogen (secondary N) is 3. The standard InChI is InChI=1S/C26H27N3O4/c30-24(23-19(25(31)29-32)13-26(8-9-26)14-28-23)20-12-16(7-10-27-20)15-5-6-22-18(11-15)17-3-1-2-4-21(17)33-22/h1-7,11,19-20,23,27-28,32H,8-10,12-14H2,(H,29,31). The Morgan fingerprint density at radius 1 is 1.06 bits per heavy atom. The molecule has 7 nitrogen and oxygen atoms in total. The maximum atomic E-state index is 13.5. The van der Waals surface area contributed by atoms with Gasteiger partial charge in [0.25, 0.3) is 0 Å². The molecule has 3 unspecified atom stereocenters. The van der Waals surface area contributed by atoms with Crippen molar-refractivity contribution in [3.63, 3.8) is 0 Å². The molecule has 3 aromatic rings. The second-order valence-corrected chi connectivity index (χ2v) is 9.75. The topological polar surface area (TPSA) is 104 Å². The van der Waals surface area contributed by atoms with Gasteiger partial charge in [0, 0.05) is 23.9 Å². The lowest BCUT2D eigenvalue weighted by Crippen LogP contribution is -2.59. The summed E-state index contributed by atoms with van der Waals surface area (Å²) < 4.78 is 5.95. The summed E-state index contributed by atoms with van der Waals surface area (Å²) >= 11 is 0. The second-order valence-electron chi connectivity index (χ2n) is 9.75. The van der Waals surface area contributed by atoms with E-state index in [1.807, 2.05) is 30.3 Å². The summed E-state index contributed by atoms with van der Waals surface area (Å²) in [5.41, 5.74) is 5.79. The van der Waals surface area contributed by atoms with Gasteiger partial charge in [0.2, 0.25) is 5.91 Å². The van der Waals surface area contributed by atoms with Crippen LogP contribution in [0.5, 0.6) is 0 Å². The highest BCUT2D eigenvalue weighted by Gasteiger charge is 2.52. The van der Waals surface area contributed by atoms with E-state index >= 15 is 0 Å². The Morgan fingerprint density at radius 2 is 1.88 bits per heavy atom. The Morgan fingerprint density at radius 3 is 2.70 bits per heavy atom. The van der Waals surface area contributed by atoms with Gasteiger partial charge in [-0.2, -0.15) is 0 Å². The van der Waals surface area contributed by atoms with Gasteiger partial charge in [-0.1, -0.05) is 30.3 Å². The molecular formula is C26H27N3O4. The second kappa shape index (κ2) is 7.80. The molecule has 1 spiro atoms. The van der Waals surface area contributed by atoms with Gasteiger partial charge in [-0.05, 0) is 60.4 Å². The quantitative estimate of drug-likeness (QED) is 0.363. The van der Waals surface area contributed by atoms with Gasteiger partial charge in [0.15, 0.2) is 5.78 Å². The number of benzene rings is 2. The van der Waals surface area contributed by atoms with Crippen molar-refractivity contribution in [2.75, 3.05) is 13.1 Å². The zero-order chi connectivity index (χ0) is 22.6. The molecule has 2 fully saturated rings. The zero-order valence-electron chi connectivity index (χ0n) is 18.3. The normalized spacial score (nSPS) is 26.3. The van der Waals surface area contributed by atoms with Crippen LogP contribution in [-0.4, -0.2) is 42.1 Å². The summed E-state index contributed by atoms with van der Waals surface area (Å²) in [6, 6.07) is 13.2. The molecule has 170 valence electrons. The first-order valence-electron chi connectivity index (χ1n) is 11.6. The van der Waals surface area contributed by atoms with Crippen molar-refractivity contribution in [1.29, 1.82) is 0 Å². The highest BCUT2D eigenvalue weighted by Crippen LogP contribution is 2.52. The van der Waals surface area contributed by atoms with E-state index in [0.29, 0.717) is 19.4 Å². The number of Topliss-reactive ketones (excluding diaryl/α,β-unsaturated/α-hetero) is 1. The van der Waals surface area contributed by atoms with Gasteiger partial charge in [-0.15, -0.1) is 0 Å². The van der Waals surface area contributed by atoms with Crippen molar-refractivity contribution in [2.45, 2.75) is 37.8 Å². The van der Waals surface area contributed by atoms with Crippen molar-refractivity contribution in [3.8, 4) is 0 Å². The summed E-state index contributed by atoms with van der Waals surface area (Å²) in [5, 5.41) is 18.0. The zero-order valence-corrected chi connectivity index (χ0v) is 18.3. The van der Waals surface area contributed by atoms with Crippen LogP contribution in [0, 0.1) is 11.3 Å². The van der Waals surface area contributed by atoms with Gasteiger partial charge in [0.1, 0.15) is 11.2 Å². The van der Waals surface area contributed by atoms with E-state index in [4.69, 9.17) is 4.42 Å². The van der Waals surface area contributed by atoms with Crippen LogP contribution in [0.4, 0.5) is 0 Å². The molecule has 2 aromatic carbocycles. The number of fused-ring (bicyclic) bond motifs is 3. The number of rotatable bonds is 4. The molecule has 1 amide bonds. The number of carbonyl (C=O) groups is 2. The number of ketones is 1. The maximum Gasteiger partial charge on any atom is 0.248 e. The van der Waals surface area contributed by atoms with Crippen LogP contribution in [0.3, 0.4) is 0 Å². The van der Waals surface area contributed by atoms with E-state index < -0.39 is 17.9 Å². The largest absolute Gasteiger partial charge is 0.456 e. The number of amides is 1. The van der Waals surface area contributed by atoms with Crippen molar-refractivity contribution in [1.82, 2.24) is 16.1 Å². The molecule has 1 saturated carbocycles. The number of para-hydroxylation sites is 1. The van der Waals surface area contributed by atoms with Gasteiger partial charge in [-0.3, -0.25) is 14.8 Å². The Kier molecular flexibility index (Phi) is 4.87. The predicted molar refractivity (Wildman–Crippen MR) is 125 cm³/mol. The minimum atomic E-state index is -0.597. The third kappa shape index (κ3) is 3.57. The number of hydrogen-bond acceptors (Lipinski definition) is 6. The molecule has 6 rings (SSSR count). The van der Waals surface area contributed by atoms with Crippen molar-refractivity contribution >= 4 is 39.2 Å². The van der Waals surface area contributed by atoms with Crippen molar-refractivity contribution in [3.05, 3.63) is 54.1 Å². The fraction of sp³-hybridized carbons (Fsp3) is 0.385. The first kappa shape index (κ1) is 20.6. The number of hydroxylamine groups is 1. The SMILES string of the molecule is O=C(NO)C1CC2(CC2)CNC1C(=O)C1CC(c2ccc3oc4ccccc4c3c2)=CCN1. The number of carbonyl (C=O) groups excluding carboxylic acids is 2. The molecule has 1 aliphatic carbocycles. The fourth-order valence-corrected chi connectivity index (χ4v) is 5.59. The number of piperidine rings is 1. The molecule has 1 saturated heterocycles. The molecule has 4 N–H and O–H groups in total. The summed E-state index contributed by atoms with van der Waals surface area (Å²) in [7, 11) is 0. The third-order valence-electron chi connectivity index (χ3n) is 7.69. The highest BCUT2D eigenvalue weighted by molar-refractivity contribution is 6.06. The van der Waals surface area contributed by atoms with E-state index in [-0.39, 0.29) is 17.2 Å². The lowest BCUT2D eigenvalue weighted by molar-refractivity contribution is -0.140. The van der Waals surface area contributed by atoms with E-state index in [1.54, 1.807) is 5.48 Å². The Bertz CT molecular complexity index is 1290. The average Bonchev–Trinajstić information content (AvgIpc) is 3.51. The molecule has 7 heteroatoms. The van der Waals surface area contributed by atoms with Crippen LogP contribution in [0.15, 0.2) is 53.0 Å². The highest BCUT2D eigenvalue weighted by atomic mass is 16.5. The third-order valence-corrected chi connectivity index (χ3v) is 7.69. The minimum Gasteiger partial charge on any atom is -0.456 e. The summed E-state index contributed by atoms with van der Waals surface area (Å²) in [5.74, 6) is -1.04. The molecule has 33 heavy (non-hydrogen) atoms. The van der Waals surface area contributed by atoms with Crippen LogP contribution in [0.2, 0.25) is 0 Å². The van der Waals surface area contributed by atoms with Crippen LogP contribution in [0.1, 0.15) is 31.2 Å². The van der Waals surface area contributed by atoms with Gasteiger partial charge in [-0.25, -0.2) is 5.48 Å². The molecule has 0 radical (unpaired) electrons. The number of furan rings is 1. The van der Waals surface area contributed by atoms with E-state index in [0.717, 1.165) is 52.5 Å². The monoisotopic (exact) mass is 445 g/mol. The van der Waals surface area contributed by atoms with E-state index in [9.17, 15) is 14.8 Å². The van der Waals surface area contributed by atoms with Gasteiger partial charge in [0.05, 0.1) is 18.0 Å². The fourth-order valence-electron chi connectivity index (χ4n) is 5.59. The van der Waals surface area contributed by atoms with Crippen LogP contribution < -0.4 is 16.1 Å². The van der Waals surface area contributed by atoms with Crippen LogP contribution in [-0.2, 0) is 9.59 Å². The smallest absolute Gasteiger partial charge is 0.248 e. The summed E-state index contributed by atoms with van der Waals surface area (Å²) in [6.07, 6.45) is 5.45. The Balaban J connectivity index is 1.25. The lowest BCUT2D eigenvalue weighted by Gasteiger charge is -2.37.